The number of carbonyl (C=O) groups excluding carboxylic acids is 2. The van der Waals surface area contributed by atoms with Gasteiger partial charge in [-0.05, 0) is 55.6 Å². The fourth-order valence-corrected chi connectivity index (χ4v) is 5.58. The monoisotopic (exact) mass is 573 g/mol. The van der Waals surface area contributed by atoms with E-state index < -0.39 is 0 Å². The standard InChI is InChI=1S/C31H36ClN7O2/c1-19-8-11-26(36-19)29(40)18-39(2)17-22-10-9-21(12-25(22)32)24-16-35-38-30(24)23-13-27(34-15-23)31(41)37-28(14-33)20-6-4-3-5-7-20/h3-7,9-10,12-13,15-16,19,26,28,34,36H,8,11,14,17-18,33H2,1-2H3,(H,35,38)(H,37,41)/t19?,26?,28-/m1/s1. The molecule has 1 aliphatic rings. The predicted octanol–water partition coefficient (Wildman–Crippen LogP) is 4.30. The molecule has 0 spiro atoms. The zero-order valence-corrected chi connectivity index (χ0v) is 24.0. The zero-order valence-electron chi connectivity index (χ0n) is 23.3. The molecule has 1 saturated heterocycles. The van der Waals surface area contributed by atoms with Crippen LogP contribution in [0, 0.1) is 0 Å². The smallest absolute Gasteiger partial charge is 0.268 e. The number of ketones is 1. The molecule has 4 aromatic rings. The van der Waals surface area contributed by atoms with Crippen molar-refractivity contribution in [1.82, 2.24) is 30.7 Å². The topological polar surface area (TPSA) is 132 Å². The summed E-state index contributed by atoms with van der Waals surface area (Å²) in [5, 5.41) is 14.3. The van der Waals surface area contributed by atoms with Crippen molar-refractivity contribution in [3.8, 4) is 22.4 Å². The fraction of sp³-hybridized carbons (Fsp3) is 0.323. The Morgan fingerprint density at radius 3 is 2.66 bits per heavy atom. The second kappa shape index (κ2) is 12.8. The number of Topliss-reactive ketones (excluding diaryl/α,β-unsaturated/α-hetero) is 1. The van der Waals surface area contributed by atoms with Crippen LogP contribution in [0.4, 0.5) is 0 Å². The van der Waals surface area contributed by atoms with Gasteiger partial charge in [0, 0.05) is 41.5 Å². The fourth-order valence-electron chi connectivity index (χ4n) is 5.34. The Morgan fingerprint density at radius 2 is 1.95 bits per heavy atom. The second-order valence-corrected chi connectivity index (χ2v) is 11.2. The predicted molar refractivity (Wildman–Crippen MR) is 161 cm³/mol. The van der Waals surface area contributed by atoms with Gasteiger partial charge in [-0.3, -0.25) is 19.6 Å². The Kier molecular flexibility index (Phi) is 8.99. The van der Waals surface area contributed by atoms with Gasteiger partial charge in [-0.15, -0.1) is 0 Å². The van der Waals surface area contributed by atoms with Crippen LogP contribution in [-0.4, -0.2) is 64.0 Å². The molecule has 2 unspecified atom stereocenters. The van der Waals surface area contributed by atoms with E-state index in [1.54, 1.807) is 18.5 Å². The molecular weight excluding hydrogens is 538 g/mol. The molecule has 1 amide bonds. The van der Waals surface area contributed by atoms with Crippen LogP contribution >= 0.6 is 11.6 Å². The number of amides is 1. The van der Waals surface area contributed by atoms with Crippen molar-refractivity contribution in [2.75, 3.05) is 20.1 Å². The Balaban J connectivity index is 1.26. The second-order valence-electron chi connectivity index (χ2n) is 10.8. The van der Waals surface area contributed by atoms with Gasteiger partial charge >= 0.3 is 0 Å². The van der Waals surface area contributed by atoms with Gasteiger partial charge in [0.1, 0.15) is 5.69 Å². The number of aromatic nitrogens is 3. The quantitative estimate of drug-likeness (QED) is 0.182. The van der Waals surface area contributed by atoms with Crippen LogP contribution in [0.5, 0.6) is 0 Å². The molecular formula is C31H36ClN7O2. The van der Waals surface area contributed by atoms with Crippen LogP contribution in [-0.2, 0) is 11.3 Å². The summed E-state index contributed by atoms with van der Waals surface area (Å²) in [6.45, 7) is 3.33. The van der Waals surface area contributed by atoms with E-state index in [2.05, 4.69) is 32.7 Å². The molecule has 2 aromatic carbocycles. The Hall–Kier alpha value is -3.76. The maximum Gasteiger partial charge on any atom is 0.268 e. The number of nitrogens with two attached hydrogens (primary N) is 1. The highest BCUT2D eigenvalue weighted by Gasteiger charge is 2.27. The molecule has 6 N–H and O–H groups in total. The lowest BCUT2D eigenvalue weighted by atomic mass is 10.0. The molecule has 3 atom stereocenters. The molecule has 0 bridgehead atoms. The van der Waals surface area contributed by atoms with Gasteiger partial charge < -0.3 is 21.4 Å². The maximum absolute atomic E-state index is 13.0. The summed E-state index contributed by atoms with van der Waals surface area (Å²) in [7, 11) is 1.93. The minimum atomic E-state index is -0.293. The summed E-state index contributed by atoms with van der Waals surface area (Å²) >= 11 is 6.71. The zero-order chi connectivity index (χ0) is 28.9. The van der Waals surface area contributed by atoms with Crippen LogP contribution < -0.4 is 16.4 Å². The van der Waals surface area contributed by atoms with Crippen molar-refractivity contribution < 1.29 is 9.59 Å². The van der Waals surface area contributed by atoms with Crippen molar-refractivity contribution in [3.63, 3.8) is 0 Å². The number of hydrogen-bond acceptors (Lipinski definition) is 6. The van der Waals surface area contributed by atoms with E-state index in [0.29, 0.717) is 29.8 Å². The molecule has 0 saturated carbocycles. The lowest BCUT2D eigenvalue weighted by Crippen LogP contribution is -2.40. The third-order valence-electron chi connectivity index (χ3n) is 7.59. The summed E-state index contributed by atoms with van der Waals surface area (Å²) in [6, 6.07) is 17.4. The SMILES string of the molecule is CC1CCC(C(=O)CN(C)Cc2ccc(-c3cn[nH]c3-c3c[nH]c(C(=O)N[C@H](CN)c4ccccc4)c3)cc2Cl)N1. The number of nitrogens with one attached hydrogen (secondary N) is 4. The minimum absolute atomic E-state index is 0.0595. The van der Waals surface area contributed by atoms with E-state index in [9.17, 15) is 9.59 Å². The van der Waals surface area contributed by atoms with Crippen molar-refractivity contribution in [3.05, 3.63) is 88.8 Å². The molecule has 0 aliphatic carbocycles. The molecule has 0 radical (unpaired) electrons. The molecule has 3 heterocycles. The normalized spacial score (nSPS) is 17.6. The number of carbonyl (C=O) groups is 2. The maximum atomic E-state index is 13.0. The molecule has 1 aliphatic heterocycles. The molecule has 9 nitrogen and oxygen atoms in total. The van der Waals surface area contributed by atoms with Gasteiger partial charge in [0.2, 0.25) is 0 Å². The highest BCUT2D eigenvalue weighted by molar-refractivity contribution is 6.31. The number of H-pyrrole nitrogens is 2. The van der Waals surface area contributed by atoms with Crippen molar-refractivity contribution >= 4 is 23.3 Å². The number of likely N-dealkylation sites (N-methyl/N-ethyl adjacent to an activating group) is 1. The first kappa shape index (κ1) is 28.8. The van der Waals surface area contributed by atoms with Gasteiger partial charge in [-0.2, -0.15) is 5.10 Å². The minimum Gasteiger partial charge on any atom is -0.357 e. The molecule has 214 valence electrons. The van der Waals surface area contributed by atoms with Gasteiger partial charge in [-0.25, -0.2) is 0 Å². The Bertz CT molecular complexity index is 1500. The summed E-state index contributed by atoms with van der Waals surface area (Å²) in [6.07, 6.45) is 5.44. The lowest BCUT2D eigenvalue weighted by Gasteiger charge is -2.19. The first-order valence-electron chi connectivity index (χ1n) is 13.9. The van der Waals surface area contributed by atoms with E-state index in [4.69, 9.17) is 17.3 Å². The first-order chi connectivity index (χ1) is 19.8. The van der Waals surface area contributed by atoms with Gasteiger partial charge in [0.15, 0.2) is 5.78 Å². The first-order valence-corrected chi connectivity index (χ1v) is 14.2. The summed E-state index contributed by atoms with van der Waals surface area (Å²) in [4.78, 5) is 30.7. The largest absolute Gasteiger partial charge is 0.357 e. The van der Waals surface area contributed by atoms with Crippen LogP contribution in [0.1, 0.15) is 47.4 Å². The van der Waals surface area contributed by atoms with E-state index in [0.717, 1.165) is 46.4 Å². The van der Waals surface area contributed by atoms with E-state index in [1.807, 2.05) is 60.5 Å². The average molecular weight is 574 g/mol. The molecule has 10 heteroatoms. The summed E-state index contributed by atoms with van der Waals surface area (Å²) in [5.74, 6) is -0.0318. The van der Waals surface area contributed by atoms with Crippen LogP contribution in [0.3, 0.4) is 0 Å². The molecule has 41 heavy (non-hydrogen) atoms. The van der Waals surface area contributed by atoms with Crippen molar-refractivity contribution in [2.45, 2.75) is 44.4 Å². The molecule has 1 fully saturated rings. The highest BCUT2D eigenvalue weighted by atomic mass is 35.5. The number of rotatable bonds is 11. The number of benzene rings is 2. The van der Waals surface area contributed by atoms with E-state index in [-0.39, 0.29) is 30.3 Å². The Labute approximate surface area is 244 Å². The number of halogens is 1. The van der Waals surface area contributed by atoms with Gasteiger partial charge in [0.25, 0.3) is 5.91 Å². The van der Waals surface area contributed by atoms with Gasteiger partial charge in [-0.1, -0.05) is 54.1 Å². The lowest BCUT2D eigenvalue weighted by molar-refractivity contribution is -0.121. The third-order valence-corrected chi connectivity index (χ3v) is 7.94. The van der Waals surface area contributed by atoms with Crippen LogP contribution in [0.15, 0.2) is 67.0 Å². The van der Waals surface area contributed by atoms with E-state index >= 15 is 0 Å². The van der Waals surface area contributed by atoms with Crippen LogP contribution in [0.2, 0.25) is 5.02 Å². The highest BCUT2D eigenvalue weighted by Crippen LogP contribution is 2.33. The average Bonchev–Trinajstić information content (AvgIpc) is 3.74. The van der Waals surface area contributed by atoms with Gasteiger partial charge in [0.05, 0.1) is 30.5 Å². The third kappa shape index (κ3) is 6.77. The summed E-state index contributed by atoms with van der Waals surface area (Å²) < 4.78 is 0. The molecule has 2 aromatic heterocycles. The van der Waals surface area contributed by atoms with E-state index in [1.165, 1.54) is 0 Å². The van der Waals surface area contributed by atoms with Crippen molar-refractivity contribution in [2.24, 2.45) is 5.73 Å². The number of hydrogen-bond donors (Lipinski definition) is 5. The number of nitrogens with zero attached hydrogens (tertiary/aromatic N) is 2. The van der Waals surface area contributed by atoms with Crippen LogP contribution in [0.25, 0.3) is 22.4 Å². The number of aromatic amines is 2. The van der Waals surface area contributed by atoms with Crippen molar-refractivity contribution in [1.29, 1.82) is 0 Å². The summed E-state index contributed by atoms with van der Waals surface area (Å²) in [5.41, 5.74) is 11.6. The Morgan fingerprint density at radius 1 is 1.15 bits per heavy atom. The molecule has 5 rings (SSSR count).